The normalized spacial score (nSPS) is 11.8. The van der Waals surface area contributed by atoms with Crippen LogP contribution in [0.2, 0.25) is 0 Å². The zero-order valence-corrected chi connectivity index (χ0v) is 12.2. The second kappa shape index (κ2) is 7.47. The minimum atomic E-state index is -3.34. The SMILES string of the molecule is CC(C)Oc1ccc(CNCCCS(N)(=O)=O)cc1. The number of rotatable bonds is 8. The van der Waals surface area contributed by atoms with Crippen molar-refractivity contribution < 1.29 is 13.2 Å². The maximum absolute atomic E-state index is 10.7. The van der Waals surface area contributed by atoms with E-state index in [9.17, 15) is 8.42 Å². The van der Waals surface area contributed by atoms with Crippen molar-refractivity contribution in [3.63, 3.8) is 0 Å². The smallest absolute Gasteiger partial charge is 0.209 e. The van der Waals surface area contributed by atoms with Gasteiger partial charge in [-0.1, -0.05) is 12.1 Å². The molecular formula is C13H22N2O3S. The highest BCUT2D eigenvalue weighted by molar-refractivity contribution is 7.89. The Morgan fingerprint density at radius 3 is 2.42 bits per heavy atom. The first-order valence-corrected chi connectivity index (χ1v) is 8.05. The second-order valence-electron chi connectivity index (χ2n) is 4.71. The van der Waals surface area contributed by atoms with Crippen molar-refractivity contribution in [2.24, 2.45) is 5.14 Å². The van der Waals surface area contributed by atoms with Crippen LogP contribution in [0.5, 0.6) is 5.75 Å². The summed E-state index contributed by atoms with van der Waals surface area (Å²) in [4.78, 5) is 0. The molecule has 0 saturated carbocycles. The number of nitrogens with one attached hydrogen (secondary N) is 1. The van der Waals surface area contributed by atoms with E-state index < -0.39 is 10.0 Å². The van der Waals surface area contributed by atoms with Crippen molar-refractivity contribution in [1.29, 1.82) is 0 Å². The van der Waals surface area contributed by atoms with Crippen LogP contribution in [0.3, 0.4) is 0 Å². The number of ether oxygens (including phenoxy) is 1. The van der Waals surface area contributed by atoms with Gasteiger partial charge in [-0.15, -0.1) is 0 Å². The summed E-state index contributed by atoms with van der Waals surface area (Å²) in [6.45, 7) is 5.30. The molecule has 0 radical (unpaired) electrons. The van der Waals surface area contributed by atoms with E-state index in [1.807, 2.05) is 38.1 Å². The lowest BCUT2D eigenvalue weighted by Crippen LogP contribution is -2.22. The van der Waals surface area contributed by atoms with Gasteiger partial charge < -0.3 is 10.1 Å². The summed E-state index contributed by atoms with van der Waals surface area (Å²) in [5, 5.41) is 8.09. The highest BCUT2D eigenvalue weighted by Gasteiger charge is 2.01. The molecule has 0 atom stereocenters. The van der Waals surface area contributed by atoms with E-state index in [2.05, 4.69) is 5.32 Å². The third-order valence-electron chi connectivity index (χ3n) is 2.41. The largest absolute Gasteiger partial charge is 0.491 e. The van der Waals surface area contributed by atoms with Crippen LogP contribution in [0.15, 0.2) is 24.3 Å². The standard InChI is InChI=1S/C13H22N2O3S/c1-11(2)18-13-6-4-12(5-7-13)10-15-8-3-9-19(14,16)17/h4-7,11,15H,3,8-10H2,1-2H3,(H2,14,16,17). The van der Waals surface area contributed by atoms with E-state index in [4.69, 9.17) is 9.88 Å². The molecule has 0 saturated heterocycles. The van der Waals surface area contributed by atoms with Crippen molar-refractivity contribution >= 4 is 10.0 Å². The molecule has 1 aromatic carbocycles. The van der Waals surface area contributed by atoms with Crippen LogP contribution in [0.25, 0.3) is 0 Å². The molecule has 3 N–H and O–H groups in total. The maximum atomic E-state index is 10.7. The Kier molecular flexibility index (Phi) is 6.27. The summed E-state index contributed by atoms with van der Waals surface area (Å²) in [6, 6.07) is 7.84. The molecule has 0 fully saturated rings. The first-order valence-electron chi connectivity index (χ1n) is 6.33. The molecule has 19 heavy (non-hydrogen) atoms. The molecule has 6 heteroatoms. The van der Waals surface area contributed by atoms with Crippen LogP contribution in [-0.2, 0) is 16.6 Å². The van der Waals surface area contributed by atoms with Crippen LogP contribution in [0, 0.1) is 0 Å². The number of sulfonamides is 1. The number of hydrogen-bond donors (Lipinski definition) is 2. The third-order valence-corrected chi connectivity index (χ3v) is 3.26. The minimum Gasteiger partial charge on any atom is -0.491 e. The lowest BCUT2D eigenvalue weighted by atomic mass is 10.2. The molecule has 0 aliphatic rings. The average molecular weight is 286 g/mol. The van der Waals surface area contributed by atoms with Gasteiger partial charge in [-0.3, -0.25) is 0 Å². The number of nitrogens with two attached hydrogens (primary N) is 1. The fraction of sp³-hybridized carbons (Fsp3) is 0.538. The van der Waals surface area contributed by atoms with Crippen LogP contribution in [-0.4, -0.2) is 26.8 Å². The van der Waals surface area contributed by atoms with Crippen LogP contribution < -0.4 is 15.2 Å². The Labute approximate surface area is 115 Å². The quantitative estimate of drug-likeness (QED) is 0.705. The molecule has 1 rings (SSSR count). The van der Waals surface area contributed by atoms with Gasteiger partial charge in [-0.25, -0.2) is 13.6 Å². The lowest BCUT2D eigenvalue weighted by Gasteiger charge is -2.10. The summed E-state index contributed by atoms with van der Waals surface area (Å²) < 4.78 is 27.0. The van der Waals surface area contributed by atoms with E-state index in [-0.39, 0.29) is 11.9 Å². The predicted octanol–water partition coefficient (Wildman–Crippen LogP) is 1.24. The Bertz CT molecular complexity index is 469. The zero-order chi connectivity index (χ0) is 14.3. The highest BCUT2D eigenvalue weighted by Crippen LogP contribution is 2.13. The van der Waals surface area contributed by atoms with Crippen molar-refractivity contribution in [2.75, 3.05) is 12.3 Å². The second-order valence-corrected chi connectivity index (χ2v) is 6.44. The molecule has 0 heterocycles. The molecule has 1 aromatic rings. The Balaban J connectivity index is 2.26. The molecule has 108 valence electrons. The molecular weight excluding hydrogens is 264 g/mol. The minimum absolute atomic E-state index is 0.0150. The van der Waals surface area contributed by atoms with Gasteiger partial charge in [0, 0.05) is 6.54 Å². The molecule has 0 aromatic heterocycles. The van der Waals surface area contributed by atoms with Crippen LogP contribution in [0.4, 0.5) is 0 Å². The molecule has 0 spiro atoms. The van der Waals surface area contributed by atoms with Gasteiger partial charge in [-0.2, -0.15) is 0 Å². The first kappa shape index (κ1) is 15.9. The molecule has 0 unspecified atom stereocenters. The van der Waals surface area contributed by atoms with Crippen LogP contribution in [0.1, 0.15) is 25.8 Å². The summed E-state index contributed by atoms with van der Waals surface area (Å²) in [5.74, 6) is 0.870. The van der Waals surface area contributed by atoms with E-state index in [1.54, 1.807) is 0 Å². The summed E-state index contributed by atoms with van der Waals surface area (Å²) >= 11 is 0. The van der Waals surface area contributed by atoms with Crippen molar-refractivity contribution in [3.05, 3.63) is 29.8 Å². The van der Waals surface area contributed by atoms with Gasteiger partial charge in [0.05, 0.1) is 11.9 Å². The maximum Gasteiger partial charge on any atom is 0.209 e. The highest BCUT2D eigenvalue weighted by atomic mass is 32.2. The Morgan fingerprint density at radius 1 is 1.26 bits per heavy atom. The van der Waals surface area contributed by atoms with Gasteiger partial charge in [-0.05, 0) is 44.5 Å². The molecule has 0 aliphatic heterocycles. The van der Waals surface area contributed by atoms with E-state index in [0.29, 0.717) is 19.5 Å². The molecule has 5 nitrogen and oxygen atoms in total. The zero-order valence-electron chi connectivity index (χ0n) is 11.4. The monoisotopic (exact) mass is 286 g/mol. The Morgan fingerprint density at radius 2 is 1.89 bits per heavy atom. The third kappa shape index (κ3) is 7.81. The van der Waals surface area contributed by atoms with Crippen molar-refractivity contribution in [3.8, 4) is 5.75 Å². The predicted molar refractivity (Wildman–Crippen MR) is 76.5 cm³/mol. The topological polar surface area (TPSA) is 81.4 Å². The fourth-order valence-corrected chi connectivity index (χ4v) is 2.14. The summed E-state index contributed by atoms with van der Waals surface area (Å²) in [7, 11) is -3.34. The van der Waals surface area contributed by atoms with Gasteiger partial charge in [0.15, 0.2) is 0 Å². The van der Waals surface area contributed by atoms with Gasteiger partial charge in [0.25, 0.3) is 0 Å². The van der Waals surface area contributed by atoms with Crippen LogP contribution >= 0.6 is 0 Å². The molecule has 0 bridgehead atoms. The summed E-state index contributed by atoms with van der Waals surface area (Å²) in [5.41, 5.74) is 1.13. The number of hydrogen-bond acceptors (Lipinski definition) is 4. The lowest BCUT2D eigenvalue weighted by molar-refractivity contribution is 0.242. The number of benzene rings is 1. The van der Waals surface area contributed by atoms with Crippen molar-refractivity contribution in [1.82, 2.24) is 5.32 Å². The van der Waals surface area contributed by atoms with E-state index >= 15 is 0 Å². The van der Waals surface area contributed by atoms with Gasteiger partial charge >= 0.3 is 0 Å². The fourth-order valence-electron chi connectivity index (χ4n) is 1.59. The Hall–Kier alpha value is -1.11. The van der Waals surface area contributed by atoms with Crippen molar-refractivity contribution in [2.45, 2.75) is 32.9 Å². The van der Waals surface area contributed by atoms with E-state index in [0.717, 1.165) is 11.3 Å². The van der Waals surface area contributed by atoms with E-state index in [1.165, 1.54) is 0 Å². The van der Waals surface area contributed by atoms with Gasteiger partial charge in [0.2, 0.25) is 10.0 Å². The molecule has 0 amide bonds. The molecule has 0 aliphatic carbocycles. The average Bonchev–Trinajstić information content (AvgIpc) is 2.28. The number of primary sulfonamides is 1. The first-order chi connectivity index (χ1) is 8.87. The summed E-state index contributed by atoms with van der Waals surface area (Å²) in [6.07, 6.45) is 0.690. The van der Waals surface area contributed by atoms with Gasteiger partial charge in [0.1, 0.15) is 5.75 Å².